The van der Waals surface area contributed by atoms with Crippen LogP contribution in [0.3, 0.4) is 0 Å². The van der Waals surface area contributed by atoms with E-state index in [-0.39, 0.29) is 23.7 Å². The Hall–Kier alpha value is -1.02. The van der Waals surface area contributed by atoms with Crippen LogP contribution in [0.4, 0.5) is 13.2 Å². The van der Waals surface area contributed by atoms with Crippen molar-refractivity contribution in [2.24, 2.45) is 5.92 Å². The number of halogens is 4. The van der Waals surface area contributed by atoms with Crippen molar-refractivity contribution in [1.82, 2.24) is 4.90 Å². The van der Waals surface area contributed by atoms with Crippen molar-refractivity contribution in [1.29, 1.82) is 0 Å². The first-order valence-electron chi connectivity index (χ1n) is 4.01. The fraction of sp³-hybridized carbons (Fsp3) is 0.714. The maximum Gasteiger partial charge on any atom is 0.460 e. The summed E-state index contributed by atoms with van der Waals surface area (Å²) in [4.78, 5) is 20.3. The van der Waals surface area contributed by atoms with E-state index in [1.807, 2.05) is 0 Å². The average Bonchev–Trinajstić information content (AvgIpc) is 2.76. The number of hydrogen-bond donors (Lipinski definition) is 2. The molecule has 1 aliphatic carbocycles. The minimum Gasteiger partial charge on any atom is -0.481 e. The second-order valence-corrected chi connectivity index (χ2v) is 3.24. The second kappa shape index (κ2) is 4.88. The van der Waals surface area contributed by atoms with Gasteiger partial charge in [-0.1, -0.05) is 0 Å². The molecule has 2 unspecified atom stereocenters. The molecule has 0 aromatic rings. The Balaban J connectivity index is 0.00000225. The van der Waals surface area contributed by atoms with Crippen molar-refractivity contribution in [3.8, 4) is 0 Å². The summed E-state index contributed by atoms with van der Waals surface area (Å²) in [6.07, 6.45) is -4.98. The van der Waals surface area contributed by atoms with Crippen molar-refractivity contribution < 1.29 is 33.0 Å². The molecule has 0 heterocycles. The summed E-state index contributed by atoms with van der Waals surface area (Å²) in [5, 5.41) is 16.7. The number of hydrogen-bond acceptors (Lipinski definition) is 3. The van der Waals surface area contributed by atoms with Gasteiger partial charge in [-0.3, -0.25) is 9.59 Å². The molecule has 1 fully saturated rings. The standard InChI is InChI=1S/C7H8F3NO4.ClH/c8-7(9,10)11(2-5(12)13)4-1-3(4)6(14)15;/h3-4H,1-2H2,(H,12,13)(H,14,15);1H. The van der Waals surface area contributed by atoms with Crippen LogP contribution >= 0.6 is 12.4 Å². The summed E-state index contributed by atoms with van der Waals surface area (Å²) in [6.45, 7) is -1.22. The third-order valence-corrected chi connectivity index (χ3v) is 2.11. The van der Waals surface area contributed by atoms with Gasteiger partial charge in [-0.2, -0.15) is 18.1 Å². The Kier molecular flexibility index (Phi) is 4.56. The van der Waals surface area contributed by atoms with E-state index in [9.17, 15) is 22.8 Å². The summed E-state index contributed by atoms with van der Waals surface area (Å²) in [5.41, 5.74) is 0. The van der Waals surface area contributed by atoms with E-state index in [0.29, 0.717) is 0 Å². The first kappa shape index (κ1) is 15.0. The molecule has 0 bridgehead atoms. The quantitative estimate of drug-likeness (QED) is 0.733. The number of alkyl halides is 3. The van der Waals surface area contributed by atoms with E-state index < -0.39 is 36.7 Å². The lowest BCUT2D eigenvalue weighted by atomic mass is 10.4. The third-order valence-electron chi connectivity index (χ3n) is 2.11. The van der Waals surface area contributed by atoms with Crippen LogP contribution in [-0.4, -0.2) is 45.9 Å². The lowest BCUT2D eigenvalue weighted by molar-refractivity contribution is -0.250. The molecule has 1 aliphatic rings. The van der Waals surface area contributed by atoms with Crippen LogP contribution in [0, 0.1) is 5.92 Å². The molecule has 16 heavy (non-hydrogen) atoms. The van der Waals surface area contributed by atoms with Gasteiger partial charge in [0.15, 0.2) is 0 Å². The molecule has 0 aromatic heterocycles. The zero-order valence-corrected chi connectivity index (χ0v) is 8.59. The van der Waals surface area contributed by atoms with E-state index >= 15 is 0 Å². The Morgan fingerprint density at radius 2 is 1.81 bits per heavy atom. The number of carboxylic acid groups (broad SMARTS) is 2. The molecule has 0 aliphatic heterocycles. The van der Waals surface area contributed by atoms with Gasteiger partial charge in [-0.25, -0.2) is 0 Å². The molecule has 0 aromatic carbocycles. The van der Waals surface area contributed by atoms with E-state index in [0.717, 1.165) is 0 Å². The lowest BCUT2D eigenvalue weighted by Crippen LogP contribution is -2.44. The Bertz CT molecular complexity index is 296. The molecule has 5 nitrogen and oxygen atoms in total. The minimum atomic E-state index is -4.81. The molecule has 1 rings (SSSR count). The van der Waals surface area contributed by atoms with Crippen molar-refractivity contribution in [3.05, 3.63) is 0 Å². The number of carboxylic acids is 2. The van der Waals surface area contributed by atoms with Crippen LogP contribution < -0.4 is 0 Å². The molecule has 0 spiro atoms. The monoisotopic (exact) mass is 263 g/mol. The van der Waals surface area contributed by atoms with Gasteiger partial charge in [0.05, 0.1) is 5.92 Å². The lowest BCUT2D eigenvalue weighted by Gasteiger charge is -2.22. The number of carbonyl (C=O) groups is 2. The molecule has 0 radical (unpaired) electrons. The summed E-state index contributed by atoms with van der Waals surface area (Å²) >= 11 is 0. The highest BCUT2D eigenvalue weighted by atomic mass is 35.5. The van der Waals surface area contributed by atoms with Crippen molar-refractivity contribution >= 4 is 24.3 Å². The number of aliphatic carboxylic acids is 2. The molecular formula is C7H9ClF3NO4. The second-order valence-electron chi connectivity index (χ2n) is 3.24. The predicted octanol–water partition coefficient (Wildman–Crippen LogP) is 0.788. The molecule has 1 saturated carbocycles. The molecular weight excluding hydrogens is 255 g/mol. The van der Waals surface area contributed by atoms with Gasteiger partial charge in [0.1, 0.15) is 6.54 Å². The SMILES string of the molecule is Cl.O=C(O)CN(C1CC1C(=O)O)C(F)(F)F. The molecule has 9 heteroatoms. The molecule has 0 amide bonds. The van der Waals surface area contributed by atoms with E-state index in [2.05, 4.69) is 0 Å². The Morgan fingerprint density at radius 3 is 2.06 bits per heavy atom. The topological polar surface area (TPSA) is 77.8 Å². The fourth-order valence-electron chi connectivity index (χ4n) is 1.33. The molecule has 94 valence electrons. The average molecular weight is 264 g/mol. The van der Waals surface area contributed by atoms with Crippen molar-refractivity contribution in [2.75, 3.05) is 6.54 Å². The Morgan fingerprint density at radius 1 is 1.31 bits per heavy atom. The summed E-state index contributed by atoms with van der Waals surface area (Å²) < 4.78 is 36.8. The van der Waals surface area contributed by atoms with E-state index in [1.54, 1.807) is 0 Å². The van der Waals surface area contributed by atoms with Gasteiger partial charge in [-0.15, -0.1) is 12.4 Å². The zero-order chi connectivity index (χ0) is 11.8. The summed E-state index contributed by atoms with van der Waals surface area (Å²) in [5.74, 6) is -4.09. The predicted molar refractivity (Wildman–Crippen MR) is 47.2 cm³/mol. The van der Waals surface area contributed by atoms with Crippen LogP contribution in [-0.2, 0) is 9.59 Å². The molecule has 2 atom stereocenters. The van der Waals surface area contributed by atoms with Gasteiger partial charge < -0.3 is 10.2 Å². The smallest absolute Gasteiger partial charge is 0.460 e. The van der Waals surface area contributed by atoms with Gasteiger partial charge in [-0.05, 0) is 6.42 Å². The first-order chi connectivity index (χ1) is 6.73. The van der Waals surface area contributed by atoms with Gasteiger partial charge >= 0.3 is 18.2 Å². The van der Waals surface area contributed by atoms with E-state index in [4.69, 9.17) is 10.2 Å². The van der Waals surface area contributed by atoms with Crippen LogP contribution in [0.2, 0.25) is 0 Å². The first-order valence-corrected chi connectivity index (χ1v) is 4.01. The van der Waals surface area contributed by atoms with Crippen molar-refractivity contribution in [3.63, 3.8) is 0 Å². The maximum absolute atomic E-state index is 12.3. The van der Waals surface area contributed by atoms with E-state index in [1.165, 1.54) is 0 Å². The van der Waals surface area contributed by atoms with Crippen LogP contribution in [0.15, 0.2) is 0 Å². The number of rotatable bonds is 4. The third kappa shape index (κ3) is 3.53. The van der Waals surface area contributed by atoms with Gasteiger partial charge in [0, 0.05) is 6.04 Å². The van der Waals surface area contributed by atoms with Gasteiger partial charge in [0.2, 0.25) is 0 Å². The van der Waals surface area contributed by atoms with Crippen LogP contribution in [0.5, 0.6) is 0 Å². The summed E-state index contributed by atoms with van der Waals surface area (Å²) in [7, 11) is 0. The highest BCUT2D eigenvalue weighted by Gasteiger charge is 2.55. The fourth-order valence-corrected chi connectivity index (χ4v) is 1.33. The molecule has 2 N–H and O–H groups in total. The Labute approximate surface area is 94.2 Å². The normalized spacial score (nSPS) is 23.8. The van der Waals surface area contributed by atoms with Crippen molar-refractivity contribution in [2.45, 2.75) is 18.8 Å². The maximum atomic E-state index is 12.3. The number of nitrogens with zero attached hydrogens (tertiary/aromatic N) is 1. The summed E-state index contributed by atoms with van der Waals surface area (Å²) in [6, 6.07) is -1.25. The van der Waals surface area contributed by atoms with Crippen LogP contribution in [0.1, 0.15) is 6.42 Å². The molecule has 0 saturated heterocycles. The van der Waals surface area contributed by atoms with Gasteiger partial charge in [0.25, 0.3) is 0 Å². The highest BCUT2D eigenvalue weighted by Crippen LogP contribution is 2.41. The van der Waals surface area contributed by atoms with Crippen LogP contribution in [0.25, 0.3) is 0 Å². The highest BCUT2D eigenvalue weighted by molar-refractivity contribution is 5.85. The minimum absolute atomic E-state index is 0. The zero-order valence-electron chi connectivity index (χ0n) is 7.77. The largest absolute Gasteiger partial charge is 0.481 e.